The van der Waals surface area contributed by atoms with E-state index in [-0.39, 0.29) is 11.9 Å². The molecule has 6 nitrogen and oxygen atoms in total. The van der Waals surface area contributed by atoms with Gasteiger partial charge in [-0.3, -0.25) is 4.79 Å². The molecule has 2 aliphatic rings. The van der Waals surface area contributed by atoms with Crippen LogP contribution in [0.5, 0.6) is 0 Å². The van der Waals surface area contributed by atoms with Crippen LogP contribution >= 0.6 is 0 Å². The van der Waals surface area contributed by atoms with E-state index in [0.29, 0.717) is 32.3 Å². The van der Waals surface area contributed by atoms with Gasteiger partial charge < -0.3 is 20.3 Å². The van der Waals surface area contributed by atoms with Gasteiger partial charge in [0.2, 0.25) is 5.91 Å². The molecule has 96 valence electrons. The minimum atomic E-state index is -0.481. The Labute approximate surface area is 101 Å². The van der Waals surface area contributed by atoms with Gasteiger partial charge in [0, 0.05) is 19.1 Å². The molecule has 1 aliphatic carbocycles. The lowest BCUT2D eigenvalue weighted by atomic mass is 10.3. The number of hydrogen-bond donors (Lipinski definition) is 2. The fraction of sp³-hybridized carbons (Fsp3) is 0.818. The number of ether oxygens (including phenoxy) is 1. The lowest BCUT2D eigenvalue weighted by Gasteiger charge is -2.28. The maximum absolute atomic E-state index is 11.8. The highest BCUT2D eigenvalue weighted by atomic mass is 16.5. The monoisotopic (exact) mass is 241 g/mol. The van der Waals surface area contributed by atoms with E-state index in [9.17, 15) is 9.59 Å². The second kappa shape index (κ2) is 5.35. The largest absolute Gasteiger partial charge is 0.378 e. The molecular weight excluding hydrogens is 222 g/mol. The van der Waals surface area contributed by atoms with Gasteiger partial charge in [0.15, 0.2) is 0 Å². The van der Waals surface area contributed by atoms with Gasteiger partial charge in [0.1, 0.15) is 6.04 Å². The van der Waals surface area contributed by atoms with Gasteiger partial charge in [-0.2, -0.15) is 0 Å². The Bertz CT molecular complexity index is 298. The smallest absolute Gasteiger partial charge is 0.318 e. The highest BCUT2D eigenvalue weighted by Crippen LogP contribution is 2.18. The van der Waals surface area contributed by atoms with Crippen LogP contribution in [0.1, 0.15) is 19.8 Å². The normalized spacial score (nSPS) is 21.8. The molecule has 6 heteroatoms. The third-order valence-corrected chi connectivity index (χ3v) is 2.96. The topological polar surface area (TPSA) is 70.7 Å². The number of nitrogens with one attached hydrogen (secondary N) is 2. The van der Waals surface area contributed by atoms with Crippen LogP contribution in [0.25, 0.3) is 0 Å². The summed E-state index contributed by atoms with van der Waals surface area (Å²) in [6.07, 6.45) is 2.10. The summed E-state index contributed by atoms with van der Waals surface area (Å²) in [6.45, 7) is 4.01. The minimum absolute atomic E-state index is 0.103. The number of morpholine rings is 1. The zero-order valence-electron chi connectivity index (χ0n) is 10.1. The van der Waals surface area contributed by atoms with Crippen LogP contribution in [0.4, 0.5) is 4.79 Å². The summed E-state index contributed by atoms with van der Waals surface area (Å²) in [6, 6.07) is -0.345. The molecule has 0 aromatic carbocycles. The van der Waals surface area contributed by atoms with Gasteiger partial charge >= 0.3 is 6.03 Å². The van der Waals surface area contributed by atoms with E-state index < -0.39 is 6.04 Å². The van der Waals surface area contributed by atoms with Crippen molar-refractivity contribution in [3.63, 3.8) is 0 Å². The molecule has 0 spiro atoms. The van der Waals surface area contributed by atoms with Crippen molar-refractivity contribution in [3.8, 4) is 0 Å². The molecule has 1 saturated carbocycles. The van der Waals surface area contributed by atoms with Gasteiger partial charge in [0.05, 0.1) is 13.2 Å². The second-order valence-electron chi connectivity index (χ2n) is 4.55. The molecule has 1 saturated heterocycles. The third-order valence-electron chi connectivity index (χ3n) is 2.96. The van der Waals surface area contributed by atoms with Crippen LogP contribution in [0.15, 0.2) is 0 Å². The number of amides is 3. The highest BCUT2D eigenvalue weighted by Gasteiger charge is 2.27. The van der Waals surface area contributed by atoms with Crippen molar-refractivity contribution >= 4 is 11.9 Å². The number of urea groups is 1. The third kappa shape index (κ3) is 3.59. The van der Waals surface area contributed by atoms with Crippen LogP contribution < -0.4 is 10.6 Å². The molecule has 1 unspecified atom stereocenters. The first-order valence-electron chi connectivity index (χ1n) is 6.10. The van der Waals surface area contributed by atoms with E-state index in [1.807, 2.05) is 0 Å². The van der Waals surface area contributed by atoms with E-state index in [0.717, 1.165) is 12.8 Å². The van der Waals surface area contributed by atoms with Crippen LogP contribution in [-0.4, -0.2) is 55.2 Å². The van der Waals surface area contributed by atoms with E-state index in [1.165, 1.54) is 0 Å². The summed E-state index contributed by atoms with van der Waals surface area (Å²) < 4.78 is 5.16. The summed E-state index contributed by atoms with van der Waals surface area (Å²) in [5, 5.41) is 5.57. The van der Waals surface area contributed by atoms with Crippen LogP contribution in [-0.2, 0) is 9.53 Å². The SMILES string of the molecule is CC(NC(=O)N1CCOCC1)C(=O)NC1CC1. The van der Waals surface area contributed by atoms with Crippen molar-refractivity contribution in [3.05, 3.63) is 0 Å². The molecule has 1 aliphatic heterocycles. The summed E-state index contributed by atoms with van der Waals surface area (Å²) >= 11 is 0. The number of carbonyl (C=O) groups excluding carboxylic acids is 2. The maximum Gasteiger partial charge on any atom is 0.318 e. The quantitative estimate of drug-likeness (QED) is 0.712. The van der Waals surface area contributed by atoms with E-state index in [4.69, 9.17) is 4.74 Å². The predicted molar refractivity (Wildman–Crippen MR) is 61.6 cm³/mol. The molecule has 0 aromatic rings. The van der Waals surface area contributed by atoms with E-state index in [2.05, 4.69) is 10.6 Å². The maximum atomic E-state index is 11.8. The molecule has 2 N–H and O–H groups in total. The summed E-state index contributed by atoms with van der Waals surface area (Å²) in [7, 11) is 0. The lowest BCUT2D eigenvalue weighted by molar-refractivity contribution is -0.122. The Balaban J connectivity index is 1.73. The molecule has 0 bridgehead atoms. The number of rotatable bonds is 3. The van der Waals surface area contributed by atoms with Crippen molar-refractivity contribution in [2.45, 2.75) is 31.8 Å². The first-order valence-corrected chi connectivity index (χ1v) is 6.10. The Kier molecular flexibility index (Phi) is 3.83. The Morgan fingerprint density at radius 2 is 1.94 bits per heavy atom. The van der Waals surface area contributed by atoms with Crippen LogP contribution in [0, 0.1) is 0 Å². The Morgan fingerprint density at radius 3 is 2.53 bits per heavy atom. The van der Waals surface area contributed by atoms with Crippen molar-refractivity contribution in [1.82, 2.24) is 15.5 Å². The molecule has 0 radical (unpaired) electrons. The highest BCUT2D eigenvalue weighted by molar-refractivity contribution is 5.87. The average Bonchev–Trinajstić information content (AvgIpc) is 3.14. The van der Waals surface area contributed by atoms with Crippen LogP contribution in [0.2, 0.25) is 0 Å². The molecular formula is C11H19N3O3. The van der Waals surface area contributed by atoms with Crippen molar-refractivity contribution in [1.29, 1.82) is 0 Å². The zero-order valence-corrected chi connectivity index (χ0v) is 10.1. The van der Waals surface area contributed by atoms with Crippen molar-refractivity contribution < 1.29 is 14.3 Å². The number of hydrogen-bond acceptors (Lipinski definition) is 3. The second-order valence-corrected chi connectivity index (χ2v) is 4.55. The van der Waals surface area contributed by atoms with Gasteiger partial charge in [-0.1, -0.05) is 0 Å². The summed E-state index contributed by atoms with van der Waals surface area (Å²) in [5.41, 5.74) is 0. The average molecular weight is 241 g/mol. The van der Waals surface area contributed by atoms with Gasteiger partial charge in [-0.05, 0) is 19.8 Å². The van der Waals surface area contributed by atoms with Crippen molar-refractivity contribution in [2.75, 3.05) is 26.3 Å². The fourth-order valence-corrected chi connectivity index (χ4v) is 1.66. The summed E-state index contributed by atoms with van der Waals surface area (Å²) in [4.78, 5) is 25.1. The zero-order chi connectivity index (χ0) is 12.3. The molecule has 3 amide bonds. The fourth-order valence-electron chi connectivity index (χ4n) is 1.66. The van der Waals surface area contributed by atoms with Gasteiger partial charge in [-0.25, -0.2) is 4.79 Å². The molecule has 2 fully saturated rings. The lowest BCUT2D eigenvalue weighted by Crippen LogP contribution is -2.52. The molecule has 2 rings (SSSR count). The van der Waals surface area contributed by atoms with E-state index in [1.54, 1.807) is 11.8 Å². The summed E-state index contributed by atoms with van der Waals surface area (Å²) in [5.74, 6) is -0.103. The van der Waals surface area contributed by atoms with Gasteiger partial charge in [0.25, 0.3) is 0 Å². The van der Waals surface area contributed by atoms with E-state index >= 15 is 0 Å². The predicted octanol–water partition coefficient (Wildman–Crippen LogP) is -0.305. The standard InChI is InChI=1S/C11H19N3O3/c1-8(10(15)13-9-2-3-9)12-11(16)14-4-6-17-7-5-14/h8-9H,2-7H2,1H3,(H,12,16)(H,13,15). The number of nitrogens with zero attached hydrogens (tertiary/aromatic N) is 1. The Hall–Kier alpha value is -1.30. The first-order chi connectivity index (χ1) is 8.16. The number of carbonyl (C=O) groups is 2. The molecule has 1 atom stereocenters. The van der Waals surface area contributed by atoms with Gasteiger partial charge in [-0.15, -0.1) is 0 Å². The minimum Gasteiger partial charge on any atom is -0.378 e. The molecule has 0 aromatic heterocycles. The van der Waals surface area contributed by atoms with Crippen molar-refractivity contribution in [2.24, 2.45) is 0 Å². The first kappa shape index (κ1) is 12.2. The Morgan fingerprint density at radius 1 is 1.29 bits per heavy atom. The van der Waals surface area contributed by atoms with Crippen LogP contribution in [0.3, 0.4) is 0 Å². The molecule has 1 heterocycles. The molecule has 17 heavy (non-hydrogen) atoms.